The first-order valence-electron chi connectivity index (χ1n) is 6.06. The number of hydrogen-bond donors (Lipinski definition) is 0. The number of alkyl halides is 4. The Hall–Kier alpha value is -1.08. The highest BCUT2D eigenvalue weighted by atomic mass is 79.9. The van der Waals surface area contributed by atoms with Crippen LogP contribution in [-0.2, 0) is 10.9 Å². The highest BCUT2D eigenvalue weighted by molar-refractivity contribution is 9.09. The molecule has 0 N–H and O–H groups in total. The van der Waals surface area contributed by atoms with Gasteiger partial charge in [-0.05, 0) is 12.1 Å². The lowest BCUT2D eigenvalue weighted by molar-refractivity contribution is -0.138. The van der Waals surface area contributed by atoms with Gasteiger partial charge in [-0.3, -0.25) is 4.79 Å². The van der Waals surface area contributed by atoms with Gasteiger partial charge >= 0.3 is 6.18 Å². The fourth-order valence-corrected chi connectivity index (χ4v) is 2.48. The molecular formula is C13H13BrF3NO2. The second kappa shape index (κ2) is 6.13. The Balaban J connectivity index is 2.25. The molecule has 1 aromatic rings. The molecule has 0 aliphatic carbocycles. The molecule has 1 saturated heterocycles. The van der Waals surface area contributed by atoms with E-state index in [1.54, 1.807) is 0 Å². The van der Waals surface area contributed by atoms with Crippen LogP contribution in [0.3, 0.4) is 0 Å². The van der Waals surface area contributed by atoms with Gasteiger partial charge in [-0.15, -0.1) is 0 Å². The van der Waals surface area contributed by atoms with Gasteiger partial charge in [-0.2, -0.15) is 13.2 Å². The van der Waals surface area contributed by atoms with Crippen molar-refractivity contribution in [3.63, 3.8) is 0 Å². The van der Waals surface area contributed by atoms with Crippen LogP contribution in [0.1, 0.15) is 15.9 Å². The number of morpholine rings is 1. The quantitative estimate of drug-likeness (QED) is 0.766. The summed E-state index contributed by atoms with van der Waals surface area (Å²) < 4.78 is 44.1. The van der Waals surface area contributed by atoms with E-state index >= 15 is 0 Å². The Kier molecular flexibility index (Phi) is 4.70. The second-order valence-corrected chi connectivity index (χ2v) is 5.09. The largest absolute Gasteiger partial charge is 0.417 e. The zero-order chi connectivity index (χ0) is 14.8. The first-order chi connectivity index (χ1) is 9.43. The maximum Gasteiger partial charge on any atom is 0.417 e. The summed E-state index contributed by atoms with van der Waals surface area (Å²) >= 11 is 3.25. The molecule has 0 radical (unpaired) electrons. The van der Waals surface area contributed by atoms with E-state index in [9.17, 15) is 18.0 Å². The molecule has 1 atom stereocenters. The SMILES string of the molecule is O=C(c1ccccc1C(F)(F)F)N1CCOC(CBr)C1. The molecule has 7 heteroatoms. The zero-order valence-corrected chi connectivity index (χ0v) is 12.1. The van der Waals surface area contributed by atoms with E-state index < -0.39 is 17.6 Å². The number of benzene rings is 1. The van der Waals surface area contributed by atoms with Crippen molar-refractivity contribution in [1.29, 1.82) is 0 Å². The third-order valence-electron chi connectivity index (χ3n) is 3.06. The molecule has 2 rings (SSSR count). The average Bonchev–Trinajstić information content (AvgIpc) is 2.45. The van der Waals surface area contributed by atoms with E-state index in [2.05, 4.69) is 15.9 Å². The van der Waals surface area contributed by atoms with Crippen LogP contribution in [0.2, 0.25) is 0 Å². The van der Waals surface area contributed by atoms with Gasteiger partial charge < -0.3 is 9.64 Å². The number of nitrogens with zero attached hydrogens (tertiary/aromatic N) is 1. The van der Waals surface area contributed by atoms with Crippen LogP contribution in [0.5, 0.6) is 0 Å². The van der Waals surface area contributed by atoms with E-state index in [-0.39, 0.29) is 18.2 Å². The monoisotopic (exact) mass is 351 g/mol. The van der Waals surface area contributed by atoms with Crippen molar-refractivity contribution in [3.8, 4) is 0 Å². The van der Waals surface area contributed by atoms with Crippen molar-refractivity contribution in [3.05, 3.63) is 35.4 Å². The number of rotatable bonds is 2. The number of carbonyl (C=O) groups excluding carboxylic acids is 1. The van der Waals surface area contributed by atoms with Crippen LogP contribution in [0.4, 0.5) is 13.2 Å². The maximum atomic E-state index is 12.9. The van der Waals surface area contributed by atoms with Crippen molar-refractivity contribution in [2.45, 2.75) is 12.3 Å². The molecule has 3 nitrogen and oxygen atoms in total. The summed E-state index contributed by atoms with van der Waals surface area (Å²) in [4.78, 5) is 13.7. The zero-order valence-electron chi connectivity index (χ0n) is 10.5. The topological polar surface area (TPSA) is 29.5 Å². The summed E-state index contributed by atoms with van der Waals surface area (Å²) in [7, 11) is 0. The number of ether oxygens (including phenoxy) is 1. The van der Waals surface area contributed by atoms with Gasteiger partial charge in [0.25, 0.3) is 5.91 Å². The minimum absolute atomic E-state index is 0.189. The first-order valence-corrected chi connectivity index (χ1v) is 7.18. The molecule has 1 heterocycles. The lowest BCUT2D eigenvalue weighted by atomic mass is 10.1. The summed E-state index contributed by atoms with van der Waals surface area (Å²) in [5.41, 5.74) is -1.21. The van der Waals surface area contributed by atoms with Gasteiger partial charge in [-0.1, -0.05) is 28.1 Å². The summed E-state index contributed by atoms with van der Waals surface area (Å²) in [5.74, 6) is -0.604. The summed E-state index contributed by atoms with van der Waals surface area (Å²) in [6.45, 7) is 0.918. The summed E-state index contributed by atoms with van der Waals surface area (Å²) in [6.07, 6.45) is -4.72. The van der Waals surface area contributed by atoms with Crippen molar-refractivity contribution in [2.75, 3.05) is 25.0 Å². The molecule has 0 spiro atoms. The standard InChI is InChI=1S/C13H13BrF3NO2/c14-7-9-8-18(5-6-20-9)12(19)10-3-1-2-4-11(10)13(15,16)17/h1-4,9H,5-8H2. The Bertz CT molecular complexity index is 493. The predicted molar refractivity (Wildman–Crippen MR) is 70.9 cm³/mol. The normalized spacial score (nSPS) is 20.0. The summed E-state index contributed by atoms with van der Waals surface area (Å²) in [6, 6.07) is 4.85. The van der Waals surface area contributed by atoms with E-state index in [1.807, 2.05) is 0 Å². The van der Waals surface area contributed by atoms with Crippen LogP contribution in [0.25, 0.3) is 0 Å². The average molecular weight is 352 g/mol. The smallest absolute Gasteiger partial charge is 0.374 e. The molecule has 0 bridgehead atoms. The molecule has 1 amide bonds. The molecule has 1 aliphatic heterocycles. The third kappa shape index (κ3) is 3.32. The molecule has 1 unspecified atom stereocenters. The molecule has 1 fully saturated rings. The van der Waals surface area contributed by atoms with Crippen LogP contribution in [0, 0.1) is 0 Å². The number of carbonyl (C=O) groups is 1. The second-order valence-electron chi connectivity index (χ2n) is 4.44. The molecule has 0 aromatic heterocycles. The minimum atomic E-state index is -4.53. The Labute approximate surface area is 122 Å². The first kappa shape index (κ1) is 15.3. The fraction of sp³-hybridized carbons (Fsp3) is 0.462. The van der Waals surface area contributed by atoms with Gasteiger partial charge in [0, 0.05) is 18.4 Å². The van der Waals surface area contributed by atoms with Crippen LogP contribution in [0.15, 0.2) is 24.3 Å². The minimum Gasteiger partial charge on any atom is -0.374 e. The van der Waals surface area contributed by atoms with Crippen molar-refractivity contribution < 1.29 is 22.7 Å². The van der Waals surface area contributed by atoms with Crippen LogP contribution in [-0.4, -0.2) is 41.9 Å². The van der Waals surface area contributed by atoms with Gasteiger partial charge in [0.2, 0.25) is 0 Å². The van der Waals surface area contributed by atoms with Crippen LogP contribution < -0.4 is 0 Å². The Morgan fingerprint density at radius 3 is 2.75 bits per heavy atom. The molecule has 20 heavy (non-hydrogen) atoms. The number of halogens is 4. The predicted octanol–water partition coefficient (Wildman–Crippen LogP) is 2.94. The number of hydrogen-bond acceptors (Lipinski definition) is 2. The molecule has 1 aromatic carbocycles. The van der Waals surface area contributed by atoms with Crippen molar-refractivity contribution in [1.82, 2.24) is 4.90 Å². The van der Waals surface area contributed by atoms with Crippen LogP contribution >= 0.6 is 15.9 Å². The lowest BCUT2D eigenvalue weighted by Crippen LogP contribution is -2.46. The van der Waals surface area contributed by atoms with Crippen molar-refractivity contribution >= 4 is 21.8 Å². The van der Waals surface area contributed by atoms with E-state index in [0.717, 1.165) is 6.07 Å². The van der Waals surface area contributed by atoms with Crippen molar-refractivity contribution in [2.24, 2.45) is 0 Å². The molecular weight excluding hydrogens is 339 g/mol. The van der Waals surface area contributed by atoms with Gasteiger partial charge in [0.05, 0.1) is 23.8 Å². The number of amides is 1. The lowest BCUT2D eigenvalue weighted by Gasteiger charge is -2.32. The Morgan fingerprint density at radius 2 is 2.10 bits per heavy atom. The van der Waals surface area contributed by atoms with E-state index in [4.69, 9.17) is 4.74 Å². The molecule has 110 valence electrons. The van der Waals surface area contributed by atoms with E-state index in [1.165, 1.54) is 23.1 Å². The third-order valence-corrected chi connectivity index (χ3v) is 3.78. The molecule has 1 aliphatic rings. The Morgan fingerprint density at radius 1 is 1.40 bits per heavy atom. The van der Waals surface area contributed by atoms with Gasteiger partial charge in [0.15, 0.2) is 0 Å². The van der Waals surface area contributed by atoms with E-state index in [0.29, 0.717) is 18.5 Å². The van der Waals surface area contributed by atoms with Gasteiger partial charge in [0.1, 0.15) is 0 Å². The maximum absolute atomic E-state index is 12.9. The highest BCUT2D eigenvalue weighted by Gasteiger charge is 2.36. The summed E-state index contributed by atoms with van der Waals surface area (Å²) in [5, 5.41) is 0.539. The van der Waals surface area contributed by atoms with Gasteiger partial charge in [-0.25, -0.2) is 0 Å². The highest BCUT2D eigenvalue weighted by Crippen LogP contribution is 2.32. The fourth-order valence-electron chi connectivity index (χ4n) is 2.08. The molecule has 0 saturated carbocycles.